The molecule has 2 amide bonds. The summed E-state index contributed by atoms with van der Waals surface area (Å²) in [6, 6.07) is 20.1. The molecular formula is C33H36N2O4. The van der Waals surface area contributed by atoms with Crippen molar-refractivity contribution in [3.05, 3.63) is 77.4 Å². The molecule has 0 atom stereocenters. The second-order valence-corrected chi connectivity index (χ2v) is 11.1. The zero-order chi connectivity index (χ0) is 27.0. The molecule has 6 rings (SSSR count). The van der Waals surface area contributed by atoms with E-state index < -0.39 is 5.41 Å². The number of carbonyl (C=O) groups excluding carboxylic acids is 2. The molecule has 3 aromatic carbocycles. The van der Waals surface area contributed by atoms with Gasteiger partial charge in [0, 0.05) is 23.8 Å². The topological polar surface area (TPSA) is 67.9 Å². The van der Waals surface area contributed by atoms with Crippen molar-refractivity contribution >= 4 is 17.5 Å². The fourth-order valence-electron chi connectivity index (χ4n) is 6.15. The summed E-state index contributed by atoms with van der Waals surface area (Å²) >= 11 is 0. The van der Waals surface area contributed by atoms with Gasteiger partial charge in [0.05, 0.1) is 5.41 Å². The Balaban J connectivity index is 1.18. The molecule has 1 N–H and O–H groups in total. The highest BCUT2D eigenvalue weighted by molar-refractivity contribution is 6.02. The lowest BCUT2D eigenvalue weighted by molar-refractivity contribution is -0.118. The Labute approximate surface area is 230 Å². The summed E-state index contributed by atoms with van der Waals surface area (Å²) in [5.41, 5.74) is 5.11. The van der Waals surface area contributed by atoms with Gasteiger partial charge in [0.25, 0.3) is 5.91 Å². The predicted molar refractivity (Wildman–Crippen MR) is 152 cm³/mol. The van der Waals surface area contributed by atoms with E-state index in [1.54, 1.807) is 0 Å². The lowest BCUT2D eigenvalue weighted by atomic mass is 9.93. The highest BCUT2D eigenvalue weighted by Crippen LogP contribution is 2.51. The van der Waals surface area contributed by atoms with Crippen LogP contribution < -0.4 is 14.8 Å². The smallest absolute Gasteiger partial charge is 0.254 e. The Hall–Kier alpha value is -3.80. The van der Waals surface area contributed by atoms with E-state index in [-0.39, 0.29) is 18.6 Å². The number of carbonyl (C=O) groups is 2. The summed E-state index contributed by atoms with van der Waals surface area (Å²) < 4.78 is 11.0. The van der Waals surface area contributed by atoms with Crippen molar-refractivity contribution in [2.75, 3.05) is 18.7 Å². The summed E-state index contributed by atoms with van der Waals surface area (Å²) in [6.07, 6.45) is 7.51. The van der Waals surface area contributed by atoms with Gasteiger partial charge < -0.3 is 19.7 Å². The number of hydrogen-bond acceptors (Lipinski definition) is 4. The van der Waals surface area contributed by atoms with Gasteiger partial charge in [-0.05, 0) is 98.2 Å². The Bertz CT molecular complexity index is 1390. The number of nitrogens with zero attached hydrogens (tertiary/aromatic N) is 1. The molecular weight excluding hydrogens is 488 g/mol. The van der Waals surface area contributed by atoms with Gasteiger partial charge in [0.1, 0.15) is 0 Å². The highest BCUT2D eigenvalue weighted by Gasteiger charge is 2.51. The monoisotopic (exact) mass is 524 g/mol. The quantitative estimate of drug-likeness (QED) is 0.367. The zero-order valence-electron chi connectivity index (χ0n) is 22.8. The zero-order valence-corrected chi connectivity index (χ0v) is 22.8. The summed E-state index contributed by atoms with van der Waals surface area (Å²) in [5.74, 6) is 1.54. The van der Waals surface area contributed by atoms with Crippen molar-refractivity contribution in [1.82, 2.24) is 4.90 Å². The van der Waals surface area contributed by atoms with E-state index in [4.69, 9.17) is 9.47 Å². The van der Waals surface area contributed by atoms with E-state index in [9.17, 15) is 9.59 Å². The maximum Gasteiger partial charge on any atom is 0.254 e. The standard InChI is InChI=1S/C33H36N2O4/c1-3-35(27-7-5-4-6-8-27)31(36)24-12-10-23(11-13-24)28-20-26(15-9-22(28)2)34-32(37)33(17-18-33)25-14-16-29-30(19-25)39-21-38-29/h9-16,19-20,27H,3-8,17-18,21H2,1-2H3,(H,34,37). The van der Waals surface area contributed by atoms with Crippen LogP contribution in [0.1, 0.15) is 73.4 Å². The first-order valence-corrected chi connectivity index (χ1v) is 14.2. The number of anilines is 1. The lowest BCUT2D eigenvalue weighted by Crippen LogP contribution is -2.41. The van der Waals surface area contributed by atoms with Gasteiger partial charge in [-0.3, -0.25) is 9.59 Å². The van der Waals surface area contributed by atoms with Crippen molar-refractivity contribution in [2.24, 2.45) is 0 Å². The van der Waals surface area contributed by atoms with Gasteiger partial charge in [-0.25, -0.2) is 0 Å². The van der Waals surface area contributed by atoms with Crippen LogP contribution in [-0.4, -0.2) is 36.1 Å². The molecule has 2 saturated carbocycles. The maximum absolute atomic E-state index is 13.4. The minimum absolute atomic E-state index is 0.000479. The van der Waals surface area contributed by atoms with Crippen LogP contribution in [0.4, 0.5) is 5.69 Å². The van der Waals surface area contributed by atoms with Gasteiger partial charge in [-0.2, -0.15) is 0 Å². The van der Waals surface area contributed by atoms with Crippen LogP contribution in [0.5, 0.6) is 11.5 Å². The van der Waals surface area contributed by atoms with E-state index in [1.807, 2.05) is 65.6 Å². The van der Waals surface area contributed by atoms with Crippen LogP contribution in [-0.2, 0) is 10.2 Å². The Morgan fingerprint density at radius 3 is 2.38 bits per heavy atom. The summed E-state index contributed by atoms with van der Waals surface area (Å²) in [4.78, 5) is 28.8. The second-order valence-electron chi connectivity index (χ2n) is 11.1. The minimum Gasteiger partial charge on any atom is -0.454 e. The van der Waals surface area contributed by atoms with E-state index in [2.05, 4.69) is 19.2 Å². The molecule has 3 aromatic rings. The number of aryl methyl sites for hydroxylation is 1. The highest BCUT2D eigenvalue weighted by atomic mass is 16.7. The normalized spacial score (nSPS) is 17.5. The Morgan fingerprint density at radius 1 is 0.923 bits per heavy atom. The van der Waals surface area contributed by atoms with Crippen LogP contribution in [0.15, 0.2) is 60.7 Å². The molecule has 0 unspecified atom stereocenters. The van der Waals surface area contributed by atoms with Gasteiger partial charge in [0.15, 0.2) is 11.5 Å². The third kappa shape index (κ3) is 4.88. The van der Waals surface area contributed by atoms with Gasteiger partial charge in [0.2, 0.25) is 12.7 Å². The Kier molecular flexibility index (Phi) is 6.79. The van der Waals surface area contributed by atoms with Gasteiger partial charge >= 0.3 is 0 Å². The van der Waals surface area contributed by atoms with Crippen LogP contribution >= 0.6 is 0 Å². The third-order valence-corrected chi connectivity index (χ3v) is 8.67. The summed E-state index contributed by atoms with van der Waals surface area (Å²) in [5, 5.41) is 3.16. The summed E-state index contributed by atoms with van der Waals surface area (Å²) in [7, 11) is 0. The first-order valence-electron chi connectivity index (χ1n) is 14.2. The number of nitrogens with one attached hydrogen (secondary N) is 1. The van der Waals surface area contributed by atoms with Crippen molar-refractivity contribution < 1.29 is 19.1 Å². The SMILES string of the molecule is CCN(C(=O)c1ccc(-c2cc(NC(=O)C3(c4ccc5c(c4)OCO5)CC3)ccc2C)cc1)C1CCCCC1. The minimum atomic E-state index is -0.530. The number of rotatable bonds is 7. The molecule has 0 aromatic heterocycles. The Morgan fingerprint density at radius 2 is 1.67 bits per heavy atom. The molecule has 2 fully saturated rings. The fourth-order valence-corrected chi connectivity index (χ4v) is 6.15. The van der Waals surface area contributed by atoms with Crippen molar-refractivity contribution in [3.8, 4) is 22.6 Å². The molecule has 1 aliphatic heterocycles. The van der Waals surface area contributed by atoms with Crippen molar-refractivity contribution in [2.45, 2.75) is 70.3 Å². The average molecular weight is 525 g/mol. The van der Waals surface area contributed by atoms with E-state index in [0.717, 1.165) is 71.5 Å². The van der Waals surface area contributed by atoms with E-state index in [0.29, 0.717) is 11.8 Å². The van der Waals surface area contributed by atoms with E-state index in [1.165, 1.54) is 19.3 Å². The molecule has 0 radical (unpaired) electrons. The second kappa shape index (κ2) is 10.4. The molecule has 6 heteroatoms. The molecule has 39 heavy (non-hydrogen) atoms. The molecule has 6 nitrogen and oxygen atoms in total. The molecule has 202 valence electrons. The number of hydrogen-bond donors (Lipinski definition) is 1. The summed E-state index contributed by atoms with van der Waals surface area (Å²) in [6.45, 7) is 5.09. The molecule has 3 aliphatic rings. The van der Waals surface area contributed by atoms with Crippen molar-refractivity contribution in [1.29, 1.82) is 0 Å². The molecule has 1 heterocycles. The van der Waals surface area contributed by atoms with Crippen LogP contribution in [0, 0.1) is 6.92 Å². The number of fused-ring (bicyclic) bond motifs is 1. The third-order valence-electron chi connectivity index (χ3n) is 8.67. The first kappa shape index (κ1) is 25.5. The van der Waals surface area contributed by atoms with Gasteiger partial charge in [-0.1, -0.05) is 43.5 Å². The number of amides is 2. The fraction of sp³-hybridized carbons (Fsp3) is 0.394. The van der Waals surface area contributed by atoms with E-state index >= 15 is 0 Å². The molecule has 2 aliphatic carbocycles. The molecule has 0 saturated heterocycles. The van der Waals surface area contributed by atoms with Crippen LogP contribution in [0.3, 0.4) is 0 Å². The lowest BCUT2D eigenvalue weighted by Gasteiger charge is -2.33. The first-order chi connectivity index (χ1) is 19.0. The number of benzene rings is 3. The number of ether oxygens (including phenoxy) is 2. The predicted octanol–water partition coefficient (Wildman–Crippen LogP) is 6.86. The average Bonchev–Trinajstić information content (AvgIpc) is 3.65. The van der Waals surface area contributed by atoms with Crippen molar-refractivity contribution in [3.63, 3.8) is 0 Å². The molecule has 0 bridgehead atoms. The largest absolute Gasteiger partial charge is 0.454 e. The van der Waals surface area contributed by atoms with Crippen LogP contribution in [0.25, 0.3) is 11.1 Å². The molecule has 0 spiro atoms. The van der Waals surface area contributed by atoms with Crippen LogP contribution in [0.2, 0.25) is 0 Å². The van der Waals surface area contributed by atoms with Gasteiger partial charge in [-0.15, -0.1) is 0 Å². The maximum atomic E-state index is 13.4.